The second kappa shape index (κ2) is 5.66. The molecule has 0 saturated carbocycles. The van der Waals surface area contributed by atoms with E-state index in [1.807, 2.05) is 5.51 Å². The van der Waals surface area contributed by atoms with Crippen LogP contribution in [0.3, 0.4) is 0 Å². The molecule has 2 aromatic heterocycles. The van der Waals surface area contributed by atoms with Crippen LogP contribution in [0, 0.1) is 13.8 Å². The summed E-state index contributed by atoms with van der Waals surface area (Å²) in [4.78, 5) is 12.8. The lowest BCUT2D eigenvalue weighted by molar-refractivity contribution is -0.0137. The van der Waals surface area contributed by atoms with Gasteiger partial charge in [-0.05, 0) is 13.8 Å². The fraction of sp³-hybridized carbons (Fsp3) is 0.538. The molecule has 1 aliphatic heterocycles. The highest BCUT2D eigenvalue weighted by atomic mass is 32.1. The van der Waals surface area contributed by atoms with Gasteiger partial charge in [-0.3, -0.25) is 4.90 Å². The SMILES string of the molecule is Cc1nc(C2COCCN2Cc2scnc2C)cs1. The van der Waals surface area contributed by atoms with Crippen molar-refractivity contribution in [2.45, 2.75) is 26.4 Å². The van der Waals surface area contributed by atoms with Crippen molar-refractivity contribution in [1.82, 2.24) is 14.9 Å². The minimum absolute atomic E-state index is 0.278. The monoisotopic (exact) mass is 295 g/mol. The molecule has 0 amide bonds. The van der Waals surface area contributed by atoms with Crippen LogP contribution in [0.1, 0.15) is 27.3 Å². The molecule has 0 spiro atoms. The van der Waals surface area contributed by atoms with Gasteiger partial charge in [0.2, 0.25) is 0 Å². The van der Waals surface area contributed by atoms with Gasteiger partial charge in [0.05, 0.1) is 41.2 Å². The first kappa shape index (κ1) is 13.2. The first-order valence-electron chi connectivity index (χ1n) is 6.37. The minimum Gasteiger partial charge on any atom is -0.378 e. The Labute approximate surface area is 121 Å². The Balaban J connectivity index is 1.79. The van der Waals surface area contributed by atoms with Gasteiger partial charge < -0.3 is 4.74 Å². The third-order valence-electron chi connectivity index (χ3n) is 3.41. The normalized spacial score (nSPS) is 20.8. The van der Waals surface area contributed by atoms with Crippen molar-refractivity contribution in [2.75, 3.05) is 19.8 Å². The van der Waals surface area contributed by atoms with Crippen LogP contribution in [0.5, 0.6) is 0 Å². The molecular weight excluding hydrogens is 278 g/mol. The summed E-state index contributed by atoms with van der Waals surface area (Å²) < 4.78 is 5.64. The van der Waals surface area contributed by atoms with Gasteiger partial charge in [-0.25, -0.2) is 9.97 Å². The molecule has 3 rings (SSSR count). The van der Waals surface area contributed by atoms with E-state index in [2.05, 4.69) is 34.1 Å². The zero-order valence-electron chi connectivity index (χ0n) is 11.1. The molecule has 1 aliphatic rings. The van der Waals surface area contributed by atoms with Gasteiger partial charge in [-0.15, -0.1) is 22.7 Å². The number of aryl methyl sites for hydroxylation is 2. The minimum atomic E-state index is 0.278. The van der Waals surface area contributed by atoms with E-state index in [1.165, 1.54) is 4.88 Å². The molecule has 0 bridgehead atoms. The van der Waals surface area contributed by atoms with Gasteiger partial charge in [-0.2, -0.15) is 0 Å². The molecule has 0 radical (unpaired) electrons. The summed E-state index contributed by atoms with van der Waals surface area (Å²) in [7, 11) is 0. The molecule has 6 heteroatoms. The highest BCUT2D eigenvalue weighted by Crippen LogP contribution is 2.28. The van der Waals surface area contributed by atoms with Crippen LogP contribution in [-0.2, 0) is 11.3 Å². The summed E-state index contributed by atoms with van der Waals surface area (Å²) in [5.41, 5.74) is 4.21. The summed E-state index contributed by atoms with van der Waals surface area (Å²) in [6.07, 6.45) is 0. The topological polar surface area (TPSA) is 38.2 Å². The number of morpholine rings is 1. The van der Waals surface area contributed by atoms with E-state index >= 15 is 0 Å². The Kier molecular flexibility index (Phi) is 3.93. The molecule has 102 valence electrons. The molecule has 19 heavy (non-hydrogen) atoms. The van der Waals surface area contributed by atoms with Crippen molar-refractivity contribution in [2.24, 2.45) is 0 Å². The molecular formula is C13H17N3OS2. The third-order valence-corrected chi connectivity index (χ3v) is 5.12. The maximum absolute atomic E-state index is 5.64. The van der Waals surface area contributed by atoms with Crippen LogP contribution in [0.15, 0.2) is 10.9 Å². The predicted octanol–water partition coefficient (Wildman–Crippen LogP) is 2.79. The predicted molar refractivity (Wildman–Crippen MR) is 77.7 cm³/mol. The summed E-state index contributed by atoms with van der Waals surface area (Å²) in [5, 5.41) is 3.27. The maximum Gasteiger partial charge on any atom is 0.0898 e. The Hall–Kier alpha value is -0.820. The molecule has 1 unspecified atom stereocenters. The highest BCUT2D eigenvalue weighted by Gasteiger charge is 2.27. The van der Waals surface area contributed by atoms with Crippen LogP contribution >= 0.6 is 22.7 Å². The maximum atomic E-state index is 5.64. The summed E-state index contributed by atoms with van der Waals surface area (Å²) in [5.74, 6) is 0. The Morgan fingerprint density at radius 1 is 1.42 bits per heavy atom. The van der Waals surface area contributed by atoms with E-state index in [1.54, 1.807) is 22.7 Å². The zero-order chi connectivity index (χ0) is 13.2. The largest absolute Gasteiger partial charge is 0.378 e. The van der Waals surface area contributed by atoms with Crippen molar-refractivity contribution >= 4 is 22.7 Å². The molecule has 4 nitrogen and oxygen atoms in total. The Morgan fingerprint density at radius 3 is 3.00 bits per heavy atom. The fourth-order valence-corrected chi connectivity index (χ4v) is 3.76. The van der Waals surface area contributed by atoms with Gasteiger partial charge in [0.1, 0.15) is 0 Å². The van der Waals surface area contributed by atoms with Crippen LogP contribution < -0.4 is 0 Å². The molecule has 0 aliphatic carbocycles. The lowest BCUT2D eigenvalue weighted by Gasteiger charge is -2.34. The highest BCUT2D eigenvalue weighted by molar-refractivity contribution is 7.09. The quantitative estimate of drug-likeness (QED) is 0.873. The number of nitrogens with zero attached hydrogens (tertiary/aromatic N) is 3. The molecule has 1 atom stereocenters. The summed E-state index contributed by atoms with van der Waals surface area (Å²) >= 11 is 3.44. The lowest BCUT2D eigenvalue weighted by atomic mass is 10.1. The van der Waals surface area contributed by atoms with E-state index in [0.29, 0.717) is 0 Å². The average molecular weight is 295 g/mol. The molecule has 1 fully saturated rings. The molecule has 0 aromatic carbocycles. The van der Waals surface area contributed by atoms with Gasteiger partial charge >= 0.3 is 0 Å². The van der Waals surface area contributed by atoms with Gasteiger partial charge in [0.25, 0.3) is 0 Å². The first-order valence-corrected chi connectivity index (χ1v) is 8.13. The third kappa shape index (κ3) is 2.86. The van der Waals surface area contributed by atoms with E-state index < -0.39 is 0 Å². The van der Waals surface area contributed by atoms with E-state index in [9.17, 15) is 0 Å². The van der Waals surface area contributed by atoms with Gasteiger partial charge in [0, 0.05) is 23.3 Å². The number of ether oxygens (including phenoxy) is 1. The standard InChI is InChI=1S/C13H17N3OS2/c1-9-13(19-8-14-9)5-16-3-4-17-6-12(16)11-7-18-10(2)15-11/h7-8,12H,3-6H2,1-2H3. The first-order chi connectivity index (χ1) is 9.24. The zero-order valence-corrected chi connectivity index (χ0v) is 12.8. The number of hydrogen-bond donors (Lipinski definition) is 0. The van der Waals surface area contributed by atoms with Crippen molar-refractivity contribution in [3.8, 4) is 0 Å². The van der Waals surface area contributed by atoms with Crippen molar-refractivity contribution in [3.63, 3.8) is 0 Å². The summed E-state index contributed by atoms with van der Waals surface area (Å²) in [6.45, 7) is 7.57. The summed E-state index contributed by atoms with van der Waals surface area (Å²) in [6, 6.07) is 0.278. The lowest BCUT2D eigenvalue weighted by Crippen LogP contribution is -2.39. The Bertz CT molecular complexity index is 552. The number of thiazole rings is 2. The second-order valence-electron chi connectivity index (χ2n) is 4.71. The van der Waals surface area contributed by atoms with E-state index in [0.717, 1.165) is 42.7 Å². The molecule has 0 N–H and O–H groups in total. The fourth-order valence-electron chi connectivity index (χ4n) is 2.30. The van der Waals surface area contributed by atoms with E-state index in [4.69, 9.17) is 4.74 Å². The van der Waals surface area contributed by atoms with Crippen molar-refractivity contribution in [3.05, 3.63) is 32.2 Å². The van der Waals surface area contributed by atoms with Crippen LogP contribution in [0.25, 0.3) is 0 Å². The van der Waals surface area contributed by atoms with Crippen LogP contribution in [0.4, 0.5) is 0 Å². The van der Waals surface area contributed by atoms with Crippen LogP contribution in [0.2, 0.25) is 0 Å². The number of hydrogen-bond acceptors (Lipinski definition) is 6. The number of rotatable bonds is 3. The Morgan fingerprint density at radius 2 is 2.32 bits per heavy atom. The van der Waals surface area contributed by atoms with Crippen LogP contribution in [-0.4, -0.2) is 34.6 Å². The molecule has 3 heterocycles. The van der Waals surface area contributed by atoms with Crippen molar-refractivity contribution < 1.29 is 4.74 Å². The molecule has 1 saturated heterocycles. The second-order valence-corrected chi connectivity index (χ2v) is 6.72. The smallest absolute Gasteiger partial charge is 0.0898 e. The average Bonchev–Trinajstić information content (AvgIpc) is 3.00. The number of aromatic nitrogens is 2. The van der Waals surface area contributed by atoms with Gasteiger partial charge in [-0.1, -0.05) is 0 Å². The molecule has 2 aromatic rings. The van der Waals surface area contributed by atoms with E-state index in [-0.39, 0.29) is 6.04 Å². The van der Waals surface area contributed by atoms with Crippen molar-refractivity contribution in [1.29, 1.82) is 0 Å². The van der Waals surface area contributed by atoms with Gasteiger partial charge in [0.15, 0.2) is 0 Å².